The fraction of sp³-hybridized carbons (Fsp3) is 0.314. The van der Waals surface area contributed by atoms with E-state index >= 15 is 0 Å². The van der Waals surface area contributed by atoms with Gasteiger partial charge in [0, 0.05) is 49.9 Å². The molecule has 0 unspecified atom stereocenters. The Labute approximate surface area is 279 Å². The molecule has 0 radical (unpaired) electrons. The molecule has 4 aromatic rings. The zero-order valence-electron chi connectivity index (χ0n) is 26.7. The van der Waals surface area contributed by atoms with Crippen molar-refractivity contribution in [2.45, 2.75) is 39.3 Å². The van der Waals surface area contributed by atoms with Crippen LogP contribution in [0.15, 0.2) is 83.1 Å². The van der Waals surface area contributed by atoms with Gasteiger partial charge in [-0.1, -0.05) is 67.4 Å². The Balaban J connectivity index is 1.30. The number of likely N-dealkylation sites (N-methyl/N-ethyl adjacent to an activating group) is 1. The molecule has 11 nitrogen and oxygen atoms in total. The number of nitrogens with two attached hydrogens (primary N) is 2. The fourth-order valence-corrected chi connectivity index (χ4v) is 5.81. The van der Waals surface area contributed by atoms with Gasteiger partial charge in [-0.3, -0.25) is 16.0 Å². The van der Waals surface area contributed by atoms with Gasteiger partial charge in [0.1, 0.15) is 12.4 Å². The molecular formula is C35H40ClN8O3+. The van der Waals surface area contributed by atoms with Crippen LogP contribution in [-0.2, 0) is 24.3 Å². The summed E-state index contributed by atoms with van der Waals surface area (Å²) < 4.78 is 7.75. The molecule has 1 aliphatic rings. The number of benzene rings is 3. The Morgan fingerprint density at radius 1 is 0.979 bits per heavy atom. The second kappa shape index (κ2) is 15.6. The minimum atomic E-state index is -0.504. The van der Waals surface area contributed by atoms with Crippen molar-refractivity contribution in [1.29, 1.82) is 0 Å². The minimum absolute atomic E-state index is 0.0360. The van der Waals surface area contributed by atoms with Crippen LogP contribution >= 0.6 is 11.6 Å². The number of rotatable bonds is 11. The molecule has 244 valence electrons. The third-order valence-corrected chi connectivity index (χ3v) is 8.63. The molecule has 1 amide bonds. The number of unbranched alkanes of at least 4 members (excludes halogenated alkanes) is 1. The molecule has 5 rings (SSSR count). The van der Waals surface area contributed by atoms with Gasteiger partial charge in [0.25, 0.3) is 5.91 Å². The summed E-state index contributed by atoms with van der Waals surface area (Å²) in [5, 5.41) is 13.5. The van der Waals surface area contributed by atoms with Crippen LogP contribution in [0.3, 0.4) is 0 Å². The van der Waals surface area contributed by atoms with Crippen LogP contribution in [0, 0.1) is 0 Å². The lowest BCUT2D eigenvalue weighted by Crippen LogP contribution is -2.47. The lowest BCUT2D eigenvalue weighted by molar-refractivity contribution is -0.114. The van der Waals surface area contributed by atoms with E-state index in [0.717, 1.165) is 60.4 Å². The lowest BCUT2D eigenvalue weighted by atomic mass is 9.98. The Bertz CT molecular complexity index is 1740. The molecule has 1 aliphatic heterocycles. The van der Waals surface area contributed by atoms with E-state index in [-0.39, 0.29) is 18.3 Å². The standard InChI is InChI=1S/C35H39ClN8O3/c1-3-4-9-31-39-32(36)30(23-47-35(46)27-16-14-26(15-17-27)34(45)43-20-18-42(2)19-21-43)44(31)22-24-10-12-25(13-11-24)28-7-5-6-8-29(28)33(37)40-41-38/h5-8,10-17H,3-4,9,18-23H2,1-2H3,(H3,37,38,40)/p+1. The van der Waals surface area contributed by atoms with Crippen LogP contribution in [0.5, 0.6) is 0 Å². The minimum Gasteiger partial charge on any atom is -0.456 e. The molecule has 0 bridgehead atoms. The number of ether oxygens (including phenoxy) is 1. The van der Waals surface area contributed by atoms with Gasteiger partial charge in [0.2, 0.25) is 0 Å². The van der Waals surface area contributed by atoms with E-state index < -0.39 is 5.97 Å². The van der Waals surface area contributed by atoms with Crippen LogP contribution in [0.2, 0.25) is 5.15 Å². The molecule has 12 heteroatoms. The normalized spacial score (nSPS) is 13.6. The van der Waals surface area contributed by atoms with Gasteiger partial charge in [-0.2, -0.15) is 0 Å². The van der Waals surface area contributed by atoms with Crippen LogP contribution in [0.25, 0.3) is 11.1 Å². The van der Waals surface area contributed by atoms with E-state index in [1.807, 2.05) is 65.0 Å². The number of carbonyl (C=O) groups excluding carboxylic acids is 2. The van der Waals surface area contributed by atoms with Gasteiger partial charge < -0.3 is 19.1 Å². The molecular weight excluding hydrogens is 616 g/mol. The second-order valence-corrected chi connectivity index (χ2v) is 11.9. The maximum atomic E-state index is 13.1. The Hall–Kier alpha value is -4.87. The number of esters is 1. The van der Waals surface area contributed by atoms with Crippen molar-refractivity contribution in [3.05, 3.63) is 112 Å². The third-order valence-electron chi connectivity index (χ3n) is 8.33. The van der Waals surface area contributed by atoms with Crippen LogP contribution in [0.4, 0.5) is 0 Å². The number of piperazine rings is 1. The predicted octanol–water partition coefficient (Wildman–Crippen LogP) is 4.17. The summed E-state index contributed by atoms with van der Waals surface area (Å²) in [6.45, 7) is 5.62. The summed E-state index contributed by atoms with van der Waals surface area (Å²) in [5.41, 5.74) is 5.14. The van der Waals surface area contributed by atoms with Crippen molar-refractivity contribution in [3.63, 3.8) is 0 Å². The van der Waals surface area contributed by atoms with Gasteiger partial charge in [-0.25, -0.2) is 9.78 Å². The Morgan fingerprint density at radius 2 is 1.66 bits per heavy atom. The number of hydrogen-bond acceptors (Lipinski definition) is 6. The van der Waals surface area contributed by atoms with Crippen molar-refractivity contribution in [3.8, 4) is 11.1 Å². The molecule has 0 aliphatic carbocycles. The van der Waals surface area contributed by atoms with Gasteiger partial charge >= 0.3 is 11.8 Å². The largest absolute Gasteiger partial charge is 0.456 e. The van der Waals surface area contributed by atoms with Gasteiger partial charge in [0.05, 0.1) is 21.9 Å². The van der Waals surface area contributed by atoms with Crippen LogP contribution in [0.1, 0.15) is 63.1 Å². The van der Waals surface area contributed by atoms with Gasteiger partial charge in [-0.15, -0.1) is 0 Å². The van der Waals surface area contributed by atoms with E-state index in [9.17, 15) is 9.59 Å². The maximum absolute atomic E-state index is 13.1. The van der Waals surface area contributed by atoms with E-state index in [0.29, 0.717) is 41.6 Å². The highest BCUT2D eigenvalue weighted by Crippen LogP contribution is 2.26. The Morgan fingerprint density at radius 3 is 2.34 bits per heavy atom. The SMILES string of the molecule is CCCCc1nc(Cl)c(COC(=O)c2ccc(C(=O)N3CCN(C)CC3)cc2)n1Cc1ccc(-c2ccccc2C(=[NH2+])N=NN)cc1. The van der Waals surface area contributed by atoms with Crippen LogP contribution < -0.4 is 11.3 Å². The number of hydrogen-bond donors (Lipinski definition) is 2. The first kappa shape index (κ1) is 33.5. The van der Waals surface area contributed by atoms with Crippen molar-refractivity contribution in [2.24, 2.45) is 16.2 Å². The molecule has 47 heavy (non-hydrogen) atoms. The fourth-order valence-electron chi connectivity index (χ4n) is 5.56. The summed E-state index contributed by atoms with van der Waals surface area (Å²) in [5.74, 6) is 5.74. The third kappa shape index (κ3) is 8.11. The first-order valence-electron chi connectivity index (χ1n) is 15.7. The van der Waals surface area contributed by atoms with E-state index in [1.54, 1.807) is 24.3 Å². The monoisotopic (exact) mass is 655 g/mol. The number of nitrogens with zero attached hydrogens (tertiary/aromatic N) is 6. The van der Waals surface area contributed by atoms with Crippen molar-refractivity contribution < 1.29 is 19.7 Å². The van der Waals surface area contributed by atoms with Crippen LogP contribution in [-0.4, -0.2) is 70.3 Å². The van der Waals surface area contributed by atoms with Crippen molar-refractivity contribution >= 4 is 29.3 Å². The highest BCUT2D eigenvalue weighted by Gasteiger charge is 2.22. The van der Waals surface area contributed by atoms with E-state index in [4.69, 9.17) is 27.6 Å². The first-order chi connectivity index (χ1) is 22.8. The van der Waals surface area contributed by atoms with Gasteiger partial charge in [0.15, 0.2) is 5.15 Å². The highest BCUT2D eigenvalue weighted by atomic mass is 35.5. The highest BCUT2D eigenvalue weighted by molar-refractivity contribution is 6.30. The number of halogens is 1. The molecule has 4 N–H and O–H groups in total. The Kier molecular flexibility index (Phi) is 11.1. The molecule has 1 fully saturated rings. The molecule has 3 aromatic carbocycles. The molecule has 2 heterocycles. The number of carbonyl (C=O) groups is 2. The summed E-state index contributed by atoms with van der Waals surface area (Å²) in [6, 6.07) is 22.4. The zero-order chi connectivity index (χ0) is 33.3. The summed E-state index contributed by atoms with van der Waals surface area (Å²) in [6.07, 6.45) is 2.68. The smallest absolute Gasteiger partial charge is 0.351 e. The maximum Gasteiger partial charge on any atom is 0.351 e. The van der Waals surface area contributed by atoms with E-state index in [1.165, 1.54) is 0 Å². The quantitative estimate of drug-likeness (QED) is 0.0620. The summed E-state index contributed by atoms with van der Waals surface area (Å²) in [4.78, 5) is 34.6. The van der Waals surface area contributed by atoms with Crippen molar-refractivity contribution in [1.82, 2.24) is 19.4 Å². The average Bonchev–Trinajstić information content (AvgIpc) is 3.39. The topological polar surface area (TPSA) is 144 Å². The van der Waals surface area contributed by atoms with E-state index in [2.05, 4.69) is 27.1 Å². The zero-order valence-corrected chi connectivity index (χ0v) is 27.5. The number of amidine groups is 1. The summed E-state index contributed by atoms with van der Waals surface area (Å²) >= 11 is 6.63. The first-order valence-corrected chi connectivity index (χ1v) is 16.1. The predicted molar refractivity (Wildman–Crippen MR) is 181 cm³/mol. The average molecular weight is 656 g/mol. The van der Waals surface area contributed by atoms with Crippen molar-refractivity contribution in [2.75, 3.05) is 33.2 Å². The molecule has 0 atom stereocenters. The number of amides is 1. The number of imidazole rings is 1. The molecule has 0 saturated carbocycles. The molecule has 1 saturated heterocycles. The second-order valence-electron chi connectivity index (χ2n) is 11.5. The number of aromatic nitrogens is 2. The molecule has 0 spiro atoms. The summed E-state index contributed by atoms with van der Waals surface area (Å²) in [7, 11) is 2.04. The number of aryl methyl sites for hydroxylation is 1. The lowest BCUT2D eigenvalue weighted by Gasteiger charge is -2.32. The molecule has 1 aromatic heterocycles. The van der Waals surface area contributed by atoms with Gasteiger partial charge in [-0.05, 0) is 60.5 Å².